The second-order valence-electron chi connectivity index (χ2n) is 4.72. The van der Waals surface area contributed by atoms with Gasteiger partial charge in [-0.1, -0.05) is 23.7 Å². The zero-order chi connectivity index (χ0) is 15.4. The van der Waals surface area contributed by atoms with Gasteiger partial charge in [0.2, 0.25) is 0 Å². The molecule has 0 radical (unpaired) electrons. The van der Waals surface area contributed by atoms with Crippen molar-refractivity contribution in [1.29, 1.82) is 0 Å². The Labute approximate surface area is 129 Å². The Morgan fingerprint density at radius 2 is 1.76 bits per heavy atom. The van der Waals surface area contributed by atoms with E-state index in [9.17, 15) is 0 Å². The largest absolute Gasteiger partial charge is 0.493 e. The van der Waals surface area contributed by atoms with Gasteiger partial charge in [-0.2, -0.15) is 0 Å². The zero-order valence-electron chi connectivity index (χ0n) is 12.3. The van der Waals surface area contributed by atoms with Crippen molar-refractivity contribution in [3.05, 3.63) is 47.0 Å². The Morgan fingerprint density at radius 1 is 1.10 bits per heavy atom. The van der Waals surface area contributed by atoms with E-state index >= 15 is 0 Å². The lowest BCUT2D eigenvalue weighted by Gasteiger charge is -2.19. The standard InChI is InChI=1S/C16H19ClN2O2/c1-10(11-5-4-6-12(17)7-11)19-14-9-16(21-3)15(20-2)8-13(14)18/h4-10,19H,18H2,1-3H3. The van der Waals surface area contributed by atoms with Gasteiger partial charge >= 0.3 is 0 Å². The molecule has 2 rings (SSSR count). The van der Waals surface area contributed by atoms with Gasteiger partial charge in [0.05, 0.1) is 25.6 Å². The van der Waals surface area contributed by atoms with E-state index in [4.69, 9.17) is 26.8 Å². The summed E-state index contributed by atoms with van der Waals surface area (Å²) < 4.78 is 10.5. The van der Waals surface area contributed by atoms with E-state index in [1.807, 2.05) is 37.3 Å². The summed E-state index contributed by atoms with van der Waals surface area (Å²) in [7, 11) is 3.18. The molecule has 0 spiro atoms. The third-order valence-electron chi connectivity index (χ3n) is 3.28. The molecule has 4 nitrogen and oxygen atoms in total. The number of anilines is 2. The predicted molar refractivity (Wildman–Crippen MR) is 87.4 cm³/mol. The van der Waals surface area contributed by atoms with Crippen LogP contribution >= 0.6 is 11.6 Å². The van der Waals surface area contributed by atoms with Crippen LogP contribution in [0.4, 0.5) is 11.4 Å². The van der Waals surface area contributed by atoms with E-state index < -0.39 is 0 Å². The second kappa shape index (κ2) is 6.59. The topological polar surface area (TPSA) is 56.5 Å². The molecule has 0 bridgehead atoms. The SMILES string of the molecule is COc1cc(N)c(NC(C)c2cccc(Cl)c2)cc1OC. The number of ether oxygens (including phenoxy) is 2. The molecule has 2 aromatic carbocycles. The van der Waals surface area contributed by atoms with Crippen LogP contribution in [0.3, 0.4) is 0 Å². The normalized spacial score (nSPS) is 11.8. The zero-order valence-corrected chi connectivity index (χ0v) is 13.1. The molecule has 21 heavy (non-hydrogen) atoms. The Balaban J connectivity index is 2.26. The highest BCUT2D eigenvalue weighted by Crippen LogP contribution is 2.36. The number of nitrogens with one attached hydrogen (secondary N) is 1. The van der Waals surface area contributed by atoms with Gasteiger partial charge in [0.25, 0.3) is 0 Å². The van der Waals surface area contributed by atoms with Crippen molar-refractivity contribution >= 4 is 23.0 Å². The molecule has 0 aromatic heterocycles. The summed E-state index contributed by atoms with van der Waals surface area (Å²) in [4.78, 5) is 0. The van der Waals surface area contributed by atoms with Crippen LogP contribution in [0.1, 0.15) is 18.5 Å². The first-order chi connectivity index (χ1) is 10.0. The molecule has 2 aromatic rings. The van der Waals surface area contributed by atoms with Gasteiger partial charge in [-0.25, -0.2) is 0 Å². The third-order valence-corrected chi connectivity index (χ3v) is 3.51. The number of benzene rings is 2. The van der Waals surface area contributed by atoms with Crippen molar-refractivity contribution in [1.82, 2.24) is 0 Å². The van der Waals surface area contributed by atoms with Crippen LogP contribution in [-0.2, 0) is 0 Å². The molecular formula is C16H19ClN2O2. The summed E-state index contributed by atoms with van der Waals surface area (Å²) in [6.07, 6.45) is 0. The second-order valence-corrected chi connectivity index (χ2v) is 5.15. The summed E-state index contributed by atoms with van der Waals surface area (Å²) in [6, 6.07) is 11.3. The summed E-state index contributed by atoms with van der Waals surface area (Å²) in [5.41, 5.74) is 8.52. The monoisotopic (exact) mass is 306 g/mol. The van der Waals surface area contributed by atoms with E-state index in [2.05, 4.69) is 5.32 Å². The van der Waals surface area contributed by atoms with Gasteiger partial charge in [0.15, 0.2) is 11.5 Å². The van der Waals surface area contributed by atoms with Gasteiger partial charge < -0.3 is 20.5 Å². The van der Waals surface area contributed by atoms with Gasteiger partial charge in [-0.05, 0) is 24.6 Å². The molecule has 0 aliphatic carbocycles. The molecule has 0 fully saturated rings. The maximum Gasteiger partial charge on any atom is 0.162 e. The van der Waals surface area contributed by atoms with Crippen LogP contribution in [0.5, 0.6) is 11.5 Å². The molecule has 112 valence electrons. The fraction of sp³-hybridized carbons (Fsp3) is 0.250. The first-order valence-corrected chi connectivity index (χ1v) is 6.96. The molecule has 0 amide bonds. The molecule has 0 aliphatic rings. The number of hydrogen-bond acceptors (Lipinski definition) is 4. The number of nitrogens with two attached hydrogens (primary N) is 1. The Hall–Kier alpha value is -2.07. The summed E-state index contributed by atoms with van der Waals surface area (Å²) in [5, 5.41) is 4.07. The quantitative estimate of drug-likeness (QED) is 0.816. The van der Waals surface area contributed by atoms with Crippen molar-refractivity contribution in [2.75, 3.05) is 25.3 Å². The number of rotatable bonds is 5. The average Bonchev–Trinajstić information content (AvgIpc) is 2.48. The van der Waals surface area contributed by atoms with E-state index in [0.717, 1.165) is 11.3 Å². The number of hydrogen-bond donors (Lipinski definition) is 2. The fourth-order valence-electron chi connectivity index (χ4n) is 2.11. The molecule has 0 saturated carbocycles. The number of halogens is 1. The van der Waals surface area contributed by atoms with Crippen molar-refractivity contribution in [3.8, 4) is 11.5 Å². The smallest absolute Gasteiger partial charge is 0.162 e. The first kappa shape index (κ1) is 15.3. The van der Waals surface area contributed by atoms with Gasteiger partial charge in [-0.15, -0.1) is 0 Å². The van der Waals surface area contributed by atoms with Crippen LogP contribution in [0, 0.1) is 0 Å². The lowest BCUT2D eigenvalue weighted by atomic mass is 10.1. The number of nitrogen functional groups attached to an aromatic ring is 1. The van der Waals surface area contributed by atoms with E-state index in [1.165, 1.54) is 0 Å². The first-order valence-electron chi connectivity index (χ1n) is 6.58. The molecule has 1 unspecified atom stereocenters. The highest BCUT2D eigenvalue weighted by Gasteiger charge is 2.12. The molecule has 0 heterocycles. The minimum Gasteiger partial charge on any atom is -0.493 e. The van der Waals surface area contributed by atoms with Crippen molar-refractivity contribution < 1.29 is 9.47 Å². The Bertz CT molecular complexity index is 632. The Morgan fingerprint density at radius 3 is 2.38 bits per heavy atom. The molecular weight excluding hydrogens is 288 g/mol. The van der Waals surface area contributed by atoms with E-state index in [1.54, 1.807) is 20.3 Å². The van der Waals surface area contributed by atoms with Crippen LogP contribution in [0.2, 0.25) is 5.02 Å². The Kier molecular flexibility index (Phi) is 4.81. The van der Waals surface area contributed by atoms with Crippen LogP contribution < -0.4 is 20.5 Å². The average molecular weight is 307 g/mol. The molecule has 3 N–H and O–H groups in total. The highest BCUT2D eigenvalue weighted by molar-refractivity contribution is 6.30. The van der Waals surface area contributed by atoms with Crippen molar-refractivity contribution in [3.63, 3.8) is 0 Å². The maximum absolute atomic E-state index is 6.05. The minimum absolute atomic E-state index is 0.0594. The van der Waals surface area contributed by atoms with Gasteiger partial charge in [0, 0.05) is 23.2 Å². The van der Waals surface area contributed by atoms with E-state index in [-0.39, 0.29) is 6.04 Å². The highest BCUT2D eigenvalue weighted by atomic mass is 35.5. The molecule has 0 saturated heterocycles. The van der Waals surface area contributed by atoms with Crippen LogP contribution in [0.25, 0.3) is 0 Å². The van der Waals surface area contributed by atoms with E-state index in [0.29, 0.717) is 22.2 Å². The minimum atomic E-state index is 0.0594. The third kappa shape index (κ3) is 3.52. The van der Waals surface area contributed by atoms with Crippen molar-refractivity contribution in [2.45, 2.75) is 13.0 Å². The van der Waals surface area contributed by atoms with Crippen LogP contribution in [0.15, 0.2) is 36.4 Å². The summed E-state index contributed by atoms with van der Waals surface area (Å²) >= 11 is 6.02. The maximum atomic E-state index is 6.05. The molecule has 5 heteroatoms. The molecule has 0 aliphatic heterocycles. The molecule has 1 atom stereocenters. The van der Waals surface area contributed by atoms with Crippen LogP contribution in [-0.4, -0.2) is 14.2 Å². The lowest BCUT2D eigenvalue weighted by molar-refractivity contribution is 0.355. The fourth-order valence-corrected chi connectivity index (χ4v) is 2.31. The lowest BCUT2D eigenvalue weighted by Crippen LogP contribution is -2.09. The summed E-state index contributed by atoms with van der Waals surface area (Å²) in [5.74, 6) is 1.24. The summed E-state index contributed by atoms with van der Waals surface area (Å²) in [6.45, 7) is 2.04. The van der Waals surface area contributed by atoms with Gasteiger partial charge in [-0.3, -0.25) is 0 Å². The van der Waals surface area contributed by atoms with Gasteiger partial charge in [0.1, 0.15) is 0 Å². The number of methoxy groups -OCH3 is 2. The van der Waals surface area contributed by atoms with Crippen molar-refractivity contribution in [2.24, 2.45) is 0 Å². The predicted octanol–water partition coefficient (Wildman–Crippen LogP) is 4.11.